The van der Waals surface area contributed by atoms with E-state index < -0.39 is 17.1 Å². The third-order valence-corrected chi connectivity index (χ3v) is 1.99. The predicted molar refractivity (Wildman–Crippen MR) is 45.7 cm³/mol. The van der Waals surface area contributed by atoms with Crippen LogP contribution in [0.1, 0.15) is 16.5 Å². The maximum Gasteiger partial charge on any atom is 0.416 e. The topological polar surface area (TPSA) is 23.8 Å². The minimum Gasteiger partial charge on any atom is -0.196 e. The molecular formula is C9H5ClF3N. The SMILES string of the molecule is N#C[C@@H](Cl)c1ccc(C(F)(F)F)cc1. The van der Waals surface area contributed by atoms with Crippen molar-refractivity contribution in [1.29, 1.82) is 5.26 Å². The van der Waals surface area contributed by atoms with E-state index in [4.69, 9.17) is 16.9 Å². The summed E-state index contributed by atoms with van der Waals surface area (Å²) in [7, 11) is 0. The Morgan fingerprint density at radius 3 is 2.07 bits per heavy atom. The molecule has 0 spiro atoms. The zero-order valence-electron chi connectivity index (χ0n) is 6.85. The molecule has 0 N–H and O–H groups in total. The van der Waals surface area contributed by atoms with Crippen molar-refractivity contribution in [2.45, 2.75) is 11.6 Å². The highest BCUT2D eigenvalue weighted by molar-refractivity contribution is 6.22. The van der Waals surface area contributed by atoms with Crippen molar-refractivity contribution >= 4 is 11.6 Å². The van der Waals surface area contributed by atoms with Gasteiger partial charge >= 0.3 is 6.18 Å². The molecule has 5 heteroatoms. The maximum absolute atomic E-state index is 12.1. The second kappa shape index (κ2) is 3.89. The van der Waals surface area contributed by atoms with Gasteiger partial charge in [0.1, 0.15) is 5.38 Å². The number of rotatable bonds is 1. The van der Waals surface area contributed by atoms with Crippen LogP contribution in [0, 0.1) is 11.3 Å². The molecule has 1 aromatic carbocycles. The van der Waals surface area contributed by atoms with Crippen molar-refractivity contribution in [3.05, 3.63) is 35.4 Å². The smallest absolute Gasteiger partial charge is 0.196 e. The Bertz CT molecular complexity index is 350. The third kappa shape index (κ3) is 2.39. The fourth-order valence-electron chi connectivity index (χ4n) is 0.916. The van der Waals surface area contributed by atoms with Gasteiger partial charge in [-0.1, -0.05) is 12.1 Å². The molecule has 0 bridgehead atoms. The Labute approximate surface area is 83.7 Å². The fourth-order valence-corrected chi connectivity index (χ4v) is 1.06. The lowest BCUT2D eigenvalue weighted by Gasteiger charge is -2.07. The fraction of sp³-hybridized carbons (Fsp3) is 0.222. The summed E-state index contributed by atoms with van der Waals surface area (Å²) in [5, 5.41) is 7.51. The maximum atomic E-state index is 12.1. The first-order valence-electron chi connectivity index (χ1n) is 3.66. The number of nitriles is 1. The van der Waals surface area contributed by atoms with Crippen molar-refractivity contribution in [2.24, 2.45) is 0 Å². The molecule has 0 aliphatic carbocycles. The van der Waals surface area contributed by atoms with E-state index in [0.29, 0.717) is 5.56 Å². The highest BCUT2D eigenvalue weighted by Gasteiger charge is 2.30. The minimum atomic E-state index is -4.35. The highest BCUT2D eigenvalue weighted by atomic mass is 35.5. The van der Waals surface area contributed by atoms with Crippen molar-refractivity contribution in [3.8, 4) is 6.07 Å². The number of hydrogen-bond acceptors (Lipinski definition) is 1. The van der Waals surface area contributed by atoms with Crippen LogP contribution in [-0.2, 0) is 6.18 Å². The molecule has 74 valence electrons. The highest BCUT2D eigenvalue weighted by Crippen LogP contribution is 2.30. The lowest BCUT2D eigenvalue weighted by Crippen LogP contribution is -2.04. The Morgan fingerprint density at radius 1 is 1.21 bits per heavy atom. The number of halogens is 4. The molecule has 0 aromatic heterocycles. The Hall–Kier alpha value is -1.21. The first kappa shape index (κ1) is 10.9. The van der Waals surface area contributed by atoms with Crippen LogP contribution in [0.3, 0.4) is 0 Å². The Kier molecular flexibility index (Phi) is 3.02. The van der Waals surface area contributed by atoms with E-state index in [9.17, 15) is 13.2 Å². The second-order valence-corrected chi connectivity index (χ2v) is 3.05. The second-order valence-electron chi connectivity index (χ2n) is 2.61. The van der Waals surface area contributed by atoms with Gasteiger partial charge in [-0.15, -0.1) is 11.6 Å². The van der Waals surface area contributed by atoms with Crippen LogP contribution in [0.15, 0.2) is 24.3 Å². The molecule has 0 aliphatic rings. The average molecular weight is 220 g/mol. The summed E-state index contributed by atoms with van der Waals surface area (Å²) < 4.78 is 36.3. The summed E-state index contributed by atoms with van der Waals surface area (Å²) in [4.78, 5) is 0. The number of benzene rings is 1. The minimum absolute atomic E-state index is 0.363. The van der Waals surface area contributed by atoms with E-state index >= 15 is 0 Å². The summed E-state index contributed by atoms with van der Waals surface area (Å²) in [5.41, 5.74) is -0.384. The van der Waals surface area contributed by atoms with Crippen LogP contribution in [0.2, 0.25) is 0 Å². The lowest BCUT2D eigenvalue weighted by atomic mass is 10.1. The van der Waals surface area contributed by atoms with Gasteiger partial charge in [-0.05, 0) is 17.7 Å². The summed E-state index contributed by atoms with van der Waals surface area (Å²) in [6.07, 6.45) is -4.35. The summed E-state index contributed by atoms with van der Waals surface area (Å²) in [5.74, 6) is 0. The first-order chi connectivity index (χ1) is 6.45. The van der Waals surface area contributed by atoms with Crippen molar-refractivity contribution < 1.29 is 13.2 Å². The van der Waals surface area contributed by atoms with Gasteiger partial charge < -0.3 is 0 Å². The molecule has 1 nitrogen and oxygen atoms in total. The number of alkyl halides is 4. The predicted octanol–water partition coefficient (Wildman–Crippen LogP) is 3.51. The molecule has 0 fully saturated rings. The Balaban J connectivity index is 2.96. The third-order valence-electron chi connectivity index (χ3n) is 1.64. The molecule has 1 rings (SSSR count). The first-order valence-corrected chi connectivity index (χ1v) is 4.09. The van der Waals surface area contributed by atoms with Gasteiger partial charge in [0.2, 0.25) is 0 Å². The van der Waals surface area contributed by atoms with Crippen LogP contribution in [-0.4, -0.2) is 0 Å². The van der Waals surface area contributed by atoms with Gasteiger partial charge in [0.05, 0.1) is 11.6 Å². The van der Waals surface area contributed by atoms with E-state index in [-0.39, 0.29) is 0 Å². The van der Waals surface area contributed by atoms with Crippen molar-refractivity contribution in [1.82, 2.24) is 0 Å². The zero-order chi connectivity index (χ0) is 10.8. The summed E-state index contributed by atoms with van der Waals surface area (Å²) in [6, 6.07) is 5.93. The molecule has 0 radical (unpaired) electrons. The van der Waals surface area contributed by atoms with E-state index in [1.54, 1.807) is 6.07 Å². The molecule has 0 amide bonds. The number of hydrogen-bond donors (Lipinski definition) is 0. The van der Waals surface area contributed by atoms with Crippen molar-refractivity contribution in [2.75, 3.05) is 0 Å². The van der Waals surface area contributed by atoms with Gasteiger partial charge in [0.25, 0.3) is 0 Å². The Morgan fingerprint density at radius 2 is 1.71 bits per heavy atom. The van der Waals surface area contributed by atoms with E-state index in [2.05, 4.69) is 0 Å². The lowest BCUT2D eigenvalue weighted by molar-refractivity contribution is -0.137. The standard InChI is InChI=1S/C9H5ClF3N/c10-8(5-14)6-1-3-7(4-2-6)9(11,12)13/h1-4,8H/t8-/m1/s1. The van der Waals surface area contributed by atoms with Crippen LogP contribution in [0.25, 0.3) is 0 Å². The van der Waals surface area contributed by atoms with E-state index in [0.717, 1.165) is 12.1 Å². The number of nitrogens with zero attached hydrogens (tertiary/aromatic N) is 1. The quantitative estimate of drug-likeness (QED) is 0.663. The van der Waals surface area contributed by atoms with E-state index in [1.165, 1.54) is 12.1 Å². The van der Waals surface area contributed by atoms with Crippen LogP contribution in [0.5, 0.6) is 0 Å². The monoisotopic (exact) mass is 219 g/mol. The molecule has 14 heavy (non-hydrogen) atoms. The summed E-state index contributed by atoms with van der Waals surface area (Å²) in [6.45, 7) is 0. The van der Waals surface area contributed by atoms with Crippen LogP contribution in [0.4, 0.5) is 13.2 Å². The molecule has 0 aliphatic heterocycles. The van der Waals surface area contributed by atoms with Crippen LogP contribution >= 0.6 is 11.6 Å². The van der Waals surface area contributed by atoms with Gasteiger partial charge in [0.15, 0.2) is 0 Å². The van der Waals surface area contributed by atoms with Crippen LogP contribution < -0.4 is 0 Å². The zero-order valence-corrected chi connectivity index (χ0v) is 7.60. The molecule has 0 saturated heterocycles. The van der Waals surface area contributed by atoms with Gasteiger partial charge in [0, 0.05) is 0 Å². The molecule has 0 heterocycles. The average Bonchev–Trinajstić information content (AvgIpc) is 2.15. The normalized spacial score (nSPS) is 13.4. The summed E-state index contributed by atoms with van der Waals surface area (Å²) >= 11 is 5.51. The molecule has 1 atom stereocenters. The molecule has 0 unspecified atom stereocenters. The molecule has 0 saturated carbocycles. The van der Waals surface area contributed by atoms with Gasteiger partial charge in [-0.25, -0.2) is 0 Å². The van der Waals surface area contributed by atoms with E-state index in [1.807, 2.05) is 0 Å². The van der Waals surface area contributed by atoms with Gasteiger partial charge in [-0.3, -0.25) is 0 Å². The van der Waals surface area contributed by atoms with Crippen molar-refractivity contribution in [3.63, 3.8) is 0 Å². The molecular weight excluding hydrogens is 215 g/mol. The molecule has 1 aromatic rings. The largest absolute Gasteiger partial charge is 0.416 e. The van der Waals surface area contributed by atoms with Gasteiger partial charge in [-0.2, -0.15) is 18.4 Å².